The number of nitrogens with one attached hydrogen (secondary N) is 1. The molecule has 96 valence electrons. The van der Waals surface area contributed by atoms with Gasteiger partial charge in [-0.3, -0.25) is 0 Å². The molecule has 1 rings (SSSR count). The highest BCUT2D eigenvalue weighted by Gasteiger charge is 2.23. The van der Waals surface area contributed by atoms with Crippen LogP contribution in [0.15, 0.2) is 21.1 Å². The number of benzene rings is 1. The summed E-state index contributed by atoms with van der Waals surface area (Å²) in [5.41, 5.74) is 0.0967. The molecule has 1 aromatic rings. The van der Waals surface area contributed by atoms with Crippen LogP contribution in [-0.2, 0) is 0 Å². The van der Waals surface area contributed by atoms with Gasteiger partial charge in [0.05, 0.1) is 28.9 Å². The van der Waals surface area contributed by atoms with Crippen molar-refractivity contribution in [3.05, 3.63) is 21.1 Å². The van der Waals surface area contributed by atoms with Gasteiger partial charge in [0.15, 0.2) is 0 Å². The van der Waals surface area contributed by atoms with Gasteiger partial charge in [0.2, 0.25) is 0 Å². The second kappa shape index (κ2) is 5.59. The topological polar surface area (TPSA) is 41.5 Å². The van der Waals surface area contributed by atoms with Gasteiger partial charge in [-0.05, 0) is 58.7 Å². The predicted octanol–water partition coefficient (Wildman–Crippen LogP) is 3.79. The summed E-state index contributed by atoms with van der Waals surface area (Å²) in [5.74, 6) is 0.749. The predicted molar refractivity (Wildman–Crippen MR) is 77.8 cm³/mol. The Kier molecular flexibility index (Phi) is 4.86. The largest absolute Gasteiger partial charge is 0.495 e. The molecule has 2 N–H and O–H groups in total. The van der Waals surface area contributed by atoms with E-state index in [1.54, 1.807) is 21.0 Å². The Labute approximate surface area is 119 Å². The average molecular weight is 367 g/mol. The highest BCUT2D eigenvalue weighted by molar-refractivity contribution is 9.11. The first-order chi connectivity index (χ1) is 7.75. The standard InChI is InChI=1S/C12H17Br2NO2/c1-7(12(2,3)16)15-10-6-11(17-4)9(14)5-8(10)13/h5-7,15-16H,1-4H3. The van der Waals surface area contributed by atoms with Crippen molar-refractivity contribution in [1.82, 2.24) is 0 Å². The van der Waals surface area contributed by atoms with E-state index in [2.05, 4.69) is 37.2 Å². The molecular weight excluding hydrogens is 350 g/mol. The lowest BCUT2D eigenvalue weighted by Crippen LogP contribution is -2.39. The molecular formula is C12H17Br2NO2. The molecule has 0 radical (unpaired) electrons. The summed E-state index contributed by atoms with van der Waals surface area (Å²) in [6, 6.07) is 3.72. The number of aliphatic hydroxyl groups is 1. The lowest BCUT2D eigenvalue weighted by molar-refractivity contribution is 0.0649. The van der Waals surface area contributed by atoms with Gasteiger partial charge < -0.3 is 15.2 Å². The molecule has 0 saturated carbocycles. The van der Waals surface area contributed by atoms with Crippen molar-refractivity contribution in [2.24, 2.45) is 0 Å². The second-order valence-electron chi connectivity index (χ2n) is 4.49. The highest BCUT2D eigenvalue weighted by Crippen LogP contribution is 2.35. The minimum Gasteiger partial charge on any atom is -0.495 e. The van der Waals surface area contributed by atoms with Crippen molar-refractivity contribution < 1.29 is 9.84 Å². The van der Waals surface area contributed by atoms with E-state index >= 15 is 0 Å². The minimum absolute atomic E-state index is 0.0790. The van der Waals surface area contributed by atoms with E-state index in [1.807, 2.05) is 19.1 Å². The fraction of sp³-hybridized carbons (Fsp3) is 0.500. The quantitative estimate of drug-likeness (QED) is 0.851. The molecule has 1 unspecified atom stereocenters. The molecule has 1 atom stereocenters. The van der Waals surface area contributed by atoms with Crippen LogP contribution in [0.2, 0.25) is 0 Å². The maximum Gasteiger partial charge on any atom is 0.135 e. The van der Waals surface area contributed by atoms with Gasteiger partial charge in [-0.25, -0.2) is 0 Å². The summed E-state index contributed by atoms with van der Waals surface area (Å²) in [4.78, 5) is 0. The second-order valence-corrected chi connectivity index (χ2v) is 6.19. The molecule has 1 aromatic carbocycles. The number of methoxy groups -OCH3 is 1. The van der Waals surface area contributed by atoms with Crippen molar-refractivity contribution in [2.75, 3.05) is 12.4 Å². The molecule has 0 aromatic heterocycles. The fourth-order valence-corrected chi connectivity index (χ4v) is 2.48. The number of rotatable bonds is 4. The Morgan fingerprint density at radius 1 is 1.29 bits per heavy atom. The zero-order valence-electron chi connectivity index (χ0n) is 10.3. The van der Waals surface area contributed by atoms with E-state index in [9.17, 15) is 5.11 Å². The molecule has 0 saturated heterocycles. The van der Waals surface area contributed by atoms with Gasteiger partial charge >= 0.3 is 0 Å². The molecule has 0 aliphatic heterocycles. The molecule has 0 amide bonds. The van der Waals surface area contributed by atoms with Gasteiger partial charge in [0.25, 0.3) is 0 Å². The van der Waals surface area contributed by atoms with E-state index in [1.165, 1.54) is 0 Å². The van der Waals surface area contributed by atoms with Gasteiger partial charge in [0.1, 0.15) is 5.75 Å². The Hall–Kier alpha value is -0.260. The lowest BCUT2D eigenvalue weighted by atomic mass is 10.0. The monoisotopic (exact) mass is 365 g/mol. The van der Waals surface area contributed by atoms with E-state index in [4.69, 9.17) is 4.74 Å². The maximum absolute atomic E-state index is 9.90. The van der Waals surface area contributed by atoms with Gasteiger partial charge in [-0.2, -0.15) is 0 Å². The summed E-state index contributed by atoms with van der Waals surface area (Å²) in [5, 5.41) is 13.2. The van der Waals surface area contributed by atoms with E-state index in [-0.39, 0.29) is 6.04 Å². The third-order valence-electron chi connectivity index (χ3n) is 2.67. The van der Waals surface area contributed by atoms with Crippen molar-refractivity contribution in [3.8, 4) is 5.75 Å². The third-order valence-corrected chi connectivity index (χ3v) is 3.95. The van der Waals surface area contributed by atoms with Crippen LogP contribution in [0.25, 0.3) is 0 Å². The fourth-order valence-electron chi connectivity index (χ4n) is 1.21. The van der Waals surface area contributed by atoms with Crippen LogP contribution in [0.4, 0.5) is 5.69 Å². The van der Waals surface area contributed by atoms with Crippen molar-refractivity contribution in [1.29, 1.82) is 0 Å². The van der Waals surface area contributed by atoms with E-state index < -0.39 is 5.60 Å². The molecule has 0 spiro atoms. The summed E-state index contributed by atoms with van der Waals surface area (Å²) in [6.07, 6.45) is 0. The first kappa shape index (κ1) is 14.8. The summed E-state index contributed by atoms with van der Waals surface area (Å²) in [7, 11) is 1.62. The summed E-state index contributed by atoms with van der Waals surface area (Å²) < 4.78 is 7.04. The van der Waals surface area contributed by atoms with Gasteiger partial charge in [-0.15, -0.1) is 0 Å². The molecule has 0 bridgehead atoms. The smallest absolute Gasteiger partial charge is 0.135 e. The van der Waals surface area contributed by atoms with E-state index in [0.717, 1.165) is 20.4 Å². The Morgan fingerprint density at radius 2 is 1.88 bits per heavy atom. The number of halogens is 2. The number of hydrogen-bond acceptors (Lipinski definition) is 3. The minimum atomic E-state index is -0.792. The lowest BCUT2D eigenvalue weighted by Gasteiger charge is -2.28. The normalized spacial score (nSPS) is 13.4. The molecule has 0 aliphatic carbocycles. The van der Waals surface area contributed by atoms with Gasteiger partial charge in [0, 0.05) is 10.5 Å². The van der Waals surface area contributed by atoms with Crippen molar-refractivity contribution >= 4 is 37.5 Å². The van der Waals surface area contributed by atoms with Crippen LogP contribution < -0.4 is 10.1 Å². The van der Waals surface area contributed by atoms with Crippen LogP contribution >= 0.6 is 31.9 Å². The van der Waals surface area contributed by atoms with Crippen LogP contribution in [0, 0.1) is 0 Å². The maximum atomic E-state index is 9.90. The van der Waals surface area contributed by atoms with Crippen molar-refractivity contribution in [2.45, 2.75) is 32.4 Å². The molecule has 0 aliphatic rings. The Morgan fingerprint density at radius 3 is 2.35 bits per heavy atom. The van der Waals surface area contributed by atoms with Crippen LogP contribution in [0.1, 0.15) is 20.8 Å². The first-order valence-electron chi connectivity index (χ1n) is 5.27. The molecule has 0 fully saturated rings. The van der Waals surface area contributed by atoms with Crippen molar-refractivity contribution in [3.63, 3.8) is 0 Å². The number of hydrogen-bond donors (Lipinski definition) is 2. The SMILES string of the molecule is COc1cc(NC(C)C(C)(C)O)c(Br)cc1Br. The summed E-state index contributed by atoms with van der Waals surface area (Å²) >= 11 is 6.89. The zero-order valence-corrected chi connectivity index (χ0v) is 13.5. The molecule has 3 nitrogen and oxygen atoms in total. The molecule has 0 heterocycles. The van der Waals surface area contributed by atoms with Crippen LogP contribution in [0.5, 0.6) is 5.75 Å². The van der Waals surface area contributed by atoms with Crippen LogP contribution in [-0.4, -0.2) is 23.9 Å². The number of anilines is 1. The molecule has 5 heteroatoms. The zero-order chi connectivity index (χ0) is 13.2. The average Bonchev–Trinajstić information content (AvgIpc) is 2.20. The Balaban J connectivity index is 2.99. The highest BCUT2D eigenvalue weighted by atomic mass is 79.9. The van der Waals surface area contributed by atoms with Gasteiger partial charge in [-0.1, -0.05) is 0 Å². The van der Waals surface area contributed by atoms with E-state index in [0.29, 0.717) is 0 Å². The third kappa shape index (κ3) is 3.86. The summed E-state index contributed by atoms with van der Waals surface area (Å²) in [6.45, 7) is 5.48. The number of ether oxygens (including phenoxy) is 1. The first-order valence-corrected chi connectivity index (χ1v) is 6.86. The Bertz CT molecular complexity index is 402. The van der Waals surface area contributed by atoms with Crippen LogP contribution in [0.3, 0.4) is 0 Å². The molecule has 17 heavy (non-hydrogen) atoms.